The van der Waals surface area contributed by atoms with Gasteiger partial charge in [0.2, 0.25) is 0 Å². The molecule has 0 aliphatic carbocycles. The number of sulfone groups is 1. The number of hydrogen-bond donors (Lipinski definition) is 1. The van der Waals surface area contributed by atoms with Crippen molar-refractivity contribution in [1.82, 2.24) is 5.32 Å². The number of thiophene rings is 1. The summed E-state index contributed by atoms with van der Waals surface area (Å²) in [6.45, 7) is 1.87. The third-order valence-corrected chi connectivity index (χ3v) is 5.54. The molecule has 1 aromatic heterocycles. The smallest absolute Gasteiger partial charge is 0.251 e. The van der Waals surface area contributed by atoms with E-state index in [9.17, 15) is 13.2 Å². The highest BCUT2D eigenvalue weighted by atomic mass is 35.5. The van der Waals surface area contributed by atoms with Crippen LogP contribution < -0.4 is 5.32 Å². The summed E-state index contributed by atoms with van der Waals surface area (Å²) in [5, 5.41) is 4.87. The molecule has 1 amide bonds. The van der Waals surface area contributed by atoms with E-state index < -0.39 is 9.84 Å². The molecule has 1 N–H and O–H groups in total. The molecule has 112 valence electrons. The zero-order valence-corrected chi connectivity index (χ0v) is 13.8. The van der Waals surface area contributed by atoms with E-state index in [0.29, 0.717) is 0 Å². The highest BCUT2D eigenvalue weighted by molar-refractivity contribution is 7.90. The minimum atomic E-state index is -3.47. The van der Waals surface area contributed by atoms with Gasteiger partial charge in [-0.3, -0.25) is 4.79 Å². The fraction of sp³-hybridized carbons (Fsp3) is 0.214. The predicted molar refractivity (Wildman–Crippen MR) is 84.8 cm³/mol. The summed E-state index contributed by atoms with van der Waals surface area (Å²) in [5.41, 5.74) is 0.267. The van der Waals surface area contributed by atoms with Gasteiger partial charge >= 0.3 is 0 Å². The van der Waals surface area contributed by atoms with Crippen molar-refractivity contribution in [2.45, 2.75) is 17.9 Å². The highest BCUT2D eigenvalue weighted by Crippen LogP contribution is 2.23. The molecule has 1 heterocycles. The van der Waals surface area contributed by atoms with E-state index in [1.807, 2.05) is 24.4 Å². The molecular weight excluding hydrogens is 330 g/mol. The monoisotopic (exact) mass is 343 g/mol. The lowest BCUT2D eigenvalue weighted by molar-refractivity contribution is 0.0940. The number of amides is 1. The third-order valence-electron chi connectivity index (χ3n) is 2.91. The molecule has 1 atom stereocenters. The molecule has 4 nitrogen and oxygen atoms in total. The molecule has 0 bridgehead atoms. The average molecular weight is 344 g/mol. The Bertz CT molecular complexity index is 755. The number of hydrogen-bond acceptors (Lipinski definition) is 4. The van der Waals surface area contributed by atoms with E-state index in [1.54, 1.807) is 11.3 Å². The number of nitrogens with one attached hydrogen (secondary N) is 1. The summed E-state index contributed by atoms with van der Waals surface area (Å²) in [6.07, 6.45) is 1.06. The van der Waals surface area contributed by atoms with Crippen LogP contribution in [0.1, 0.15) is 28.2 Å². The van der Waals surface area contributed by atoms with Crippen LogP contribution >= 0.6 is 22.9 Å². The minimum absolute atomic E-state index is 0.0411. The van der Waals surface area contributed by atoms with Crippen LogP contribution in [0.3, 0.4) is 0 Å². The van der Waals surface area contributed by atoms with Gasteiger partial charge in [0.05, 0.1) is 16.0 Å². The first kappa shape index (κ1) is 16.0. The lowest BCUT2D eigenvalue weighted by atomic mass is 10.2. The maximum atomic E-state index is 12.2. The zero-order chi connectivity index (χ0) is 15.6. The number of carbonyl (C=O) groups excluding carboxylic acids is 1. The van der Waals surface area contributed by atoms with E-state index in [1.165, 1.54) is 18.2 Å². The van der Waals surface area contributed by atoms with Crippen LogP contribution in [0.25, 0.3) is 0 Å². The zero-order valence-electron chi connectivity index (χ0n) is 11.5. The predicted octanol–water partition coefficient (Wildman–Crippen LogP) is 3.30. The fourth-order valence-corrected chi connectivity index (χ4v) is 3.85. The first-order valence-corrected chi connectivity index (χ1v) is 9.28. The number of carbonyl (C=O) groups is 1. The van der Waals surface area contributed by atoms with Gasteiger partial charge in [-0.25, -0.2) is 8.42 Å². The largest absolute Gasteiger partial charge is 0.345 e. The van der Waals surface area contributed by atoms with Gasteiger partial charge in [0, 0.05) is 16.7 Å². The molecule has 0 saturated heterocycles. The van der Waals surface area contributed by atoms with Crippen LogP contribution in [0.4, 0.5) is 0 Å². The summed E-state index contributed by atoms with van der Waals surface area (Å²) in [7, 11) is -3.47. The van der Waals surface area contributed by atoms with Gasteiger partial charge in [-0.1, -0.05) is 17.7 Å². The van der Waals surface area contributed by atoms with E-state index in [4.69, 9.17) is 11.6 Å². The molecule has 0 aliphatic rings. The van der Waals surface area contributed by atoms with Gasteiger partial charge in [-0.05, 0) is 36.6 Å². The summed E-state index contributed by atoms with van der Waals surface area (Å²) in [6, 6.07) is 7.92. The lowest BCUT2D eigenvalue weighted by Gasteiger charge is -2.13. The molecular formula is C14H14ClNO3S2. The van der Waals surface area contributed by atoms with Gasteiger partial charge in [-0.2, -0.15) is 0 Å². The molecule has 0 fully saturated rings. The normalized spacial score (nSPS) is 12.9. The number of halogens is 1. The topological polar surface area (TPSA) is 63.2 Å². The Kier molecular flexibility index (Phi) is 4.70. The van der Waals surface area contributed by atoms with E-state index in [0.717, 1.165) is 11.1 Å². The fourth-order valence-electron chi connectivity index (χ4n) is 1.82. The molecule has 0 spiro atoms. The summed E-state index contributed by atoms with van der Waals surface area (Å²) in [4.78, 5) is 13.2. The van der Waals surface area contributed by atoms with Gasteiger partial charge in [0.1, 0.15) is 0 Å². The Morgan fingerprint density at radius 2 is 2.05 bits per heavy atom. The van der Waals surface area contributed by atoms with Crippen molar-refractivity contribution in [3.63, 3.8) is 0 Å². The van der Waals surface area contributed by atoms with Gasteiger partial charge < -0.3 is 5.32 Å². The van der Waals surface area contributed by atoms with Crippen molar-refractivity contribution >= 4 is 38.7 Å². The molecule has 0 radical (unpaired) electrons. The van der Waals surface area contributed by atoms with Crippen LogP contribution in [0.5, 0.6) is 0 Å². The first-order chi connectivity index (χ1) is 9.79. The quantitative estimate of drug-likeness (QED) is 0.926. The Labute approximate surface area is 132 Å². The molecule has 2 aromatic rings. The second kappa shape index (κ2) is 6.17. The van der Waals surface area contributed by atoms with E-state index >= 15 is 0 Å². The summed E-state index contributed by atoms with van der Waals surface area (Å²) < 4.78 is 23.2. The molecule has 7 heteroatoms. The second-order valence-corrected chi connectivity index (χ2v) is 8.00. The summed E-state index contributed by atoms with van der Waals surface area (Å²) in [5.74, 6) is -0.336. The third kappa shape index (κ3) is 3.84. The molecule has 0 saturated carbocycles. The highest BCUT2D eigenvalue weighted by Gasteiger charge is 2.17. The van der Waals surface area contributed by atoms with Crippen LogP contribution in [-0.4, -0.2) is 20.6 Å². The molecule has 2 rings (SSSR count). The SMILES string of the molecule is C[C@@H](NC(=O)c1ccc(Cl)c(S(C)(=O)=O)c1)c1cccs1. The van der Waals surface area contributed by atoms with Crippen molar-refractivity contribution in [2.75, 3.05) is 6.26 Å². The maximum absolute atomic E-state index is 12.2. The Morgan fingerprint density at radius 3 is 2.62 bits per heavy atom. The van der Waals surface area contributed by atoms with E-state index in [2.05, 4.69) is 5.32 Å². The van der Waals surface area contributed by atoms with Gasteiger partial charge in [0.25, 0.3) is 5.91 Å². The lowest BCUT2D eigenvalue weighted by Crippen LogP contribution is -2.26. The Balaban J connectivity index is 2.24. The maximum Gasteiger partial charge on any atom is 0.251 e. The van der Waals surface area contributed by atoms with Crippen LogP contribution in [-0.2, 0) is 9.84 Å². The Morgan fingerprint density at radius 1 is 1.33 bits per heavy atom. The average Bonchev–Trinajstić information content (AvgIpc) is 2.91. The van der Waals surface area contributed by atoms with Crippen molar-refractivity contribution in [1.29, 1.82) is 0 Å². The second-order valence-electron chi connectivity index (χ2n) is 4.63. The molecule has 0 unspecified atom stereocenters. The standard InChI is InChI=1S/C14H14ClNO3S2/c1-9(12-4-3-7-20-12)16-14(17)10-5-6-11(15)13(8-10)21(2,18)19/h3-9H,1-2H3,(H,16,17)/t9-/m1/s1. The van der Waals surface area contributed by atoms with Crippen LogP contribution in [0.15, 0.2) is 40.6 Å². The molecule has 0 aliphatic heterocycles. The molecule has 21 heavy (non-hydrogen) atoms. The number of rotatable bonds is 4. The van der Waals surface area contributed by atoms with Crippen molar-refractivity contribution in [3.05, 3.63) is 51.2 Å². The minimum Gasteiger partial charge on any atom is -0.345 e. The van der Waals surface area contributed by atoms with Crippen molar-refractivity contribution < 1.29 is 13.2 Å². The molecule has 1 aromatic carbocycles. The van der Waals surface area contributed by atoms with E-state index in [-0.39, 0.29) is 27.4 Å². The van der Waals surface area contributed by atoms with Crippen LogP contribution in [0, 0.1) is 0 Å². The number of benzene rings is 1. The Hall–Kier alpha value is -1.37. The van der Waals surface area contributed by atoms with Gasteiger partial charge in [0.15, 0.2) is 9.84 Å². The summed E-state index contributed by atoms with van der Waals surface area (Å²) >= 11 is 7.41. The van der Waals surface area contributed by atoms with Crippen molar-refractivity contribution in [2.24, 2.45) is 0 Å². The first-order valence-electron chi connectivity index (χ1n) is 6.13. The van der Waals surface area contributed by atoms with Crippen molar-refractivity contribution in [3.8, 4) is 0 Å². The van der Waals surface area contributed by atoms with Gasteiger partial charge in [-0.15, -0.1) is 11.3 Å². The van der Waals surface area contributed by atoms with Crippen LogP contribution in [0.2, 0.25) is 5.02 Å².